The molecule has 1 aromatic rings. The highest BCUT2D eigenvalue weighted by atomic mass is 16.5. The number of rotatable bonds is 3. The third-order valence-electron chi connectivity index (χ3n) is 2.13. The molecule has 1 rings (SSSR count). The lowest BCUT2D eigenvalue weighted by atomic mass is 10.1. The maximum absolute atomic E-state index is 10.9. The molecule has 0 aliphatic rings. The summed E-state index contributed by atoms with van der Waals surface area (Å²) in [7, 11) is 2.86. The Labute approximate surface area is 100 Å². The van der Waals surface area contributed by atoms with Gasteiger partial charge in [-0.15, -0.1) is 0 Å². The Hall–Kier alpha value is -1.99. The normalized spacial score (nSPS) is 9.12. The zero-order valence-electron chi connectivity index (χ0n) is 9.82. The summed E-state index contributed by atoms with van der Waals surface area (Å²) < 4.78 is 9.61. The minimum absolute atomic E-state index is 0.0308. The van der Waals surface area contributed by atoms with Crippen molar-refractivity contribution in [3.05, 3.63) is 29.3 Å². The van der Waals surface area contributed by atoms with Crippen molar-refractivity contribution in [1.29, 1.82) is 0 Å². The molecule has 90 valence electrons. The SMILES string of the molecule is COC(=O)CC#Cc1cc(CO)ccc1OC. The first kappa shape index (κ1) is 13.1. The van der Waals surface area contributed by atoms with Gasteiger partial charge in [-0.1, -0.05) is 17.9 Å². The highest BCUT2D eigenvalue weighted by Gasteiger charge is 2.01. The maximum atomic E-state index is 10.9. The largest absolute Gasteiger partial charge is 0.495 e. The van der Waals surface area contributed by atoms with Crippen molar-refractivity contribution in [2.45, 2.75) is 13.0 Å². The fourth-order valence-corrected chi connectivity index (χ4v) is 1.23. The molecule has 0 radical (unpaired) electrons. The van der Waals surface area contributed by atoms with Crippen LogP contribution in [0.3, 0.4) is 0 Å². The molecule has 0 amide bonds. The molecule has 0 fully saturated rings. The average molecular weight is 234 g/mol. The summed E-state index contributed by atoms with van der Waals surface area (Å²) in [5.74, 6) is 5.74. The van der Waals surface area contributed by atoms with E-state index in [0.29, 0.717) is 11.3 Å². The molecule has 0 saturated heterocycles. The number of ether oxygens (including phenoxy) is 2. The first-order valence-corrected chi connectivity index (χ1v) is 5.04. The van der Waals surface area contributed by atoms with Gasteiger partial charge in [-0.05, 0) is 17.7 Å². The molecular weight excluding hydrogens is 220 g/mol. The Bertz CT molecular complexity index is 454. The van der Waals surface area contributed by atoms with Gasteiger partial charge in [0, 0.05) is 0 Å². The van der Waals surface area contributed by atoms with Gasteiger partial charge in [-0.3, -0.25) is 4.79 Å². The van der Waals surface area contributed by atoms with Gasteiger partial charge in [0.2, 0.25) is 0 Å². The molecule has 4 nitrogen and oxygen atoms in total. The summed E-state index contributed by atoms with van der Waals surface area (Å²) in [6.07, 6.45) is 0.0308. The standard InChI is InChI=1S/C13H14O4/c1-16-12-7-6-10(9-14)8-11(12)4-3-5-13(15)17-2/h6-8,14H,5,9H2,1-2H3. The number of hydrogen-bond donors (Lipinski definition) is 1. The summed E-state index contributed by atoms with van der Waals surface area (Å²) in [5, 5.41) is 9.01. The predicted octanol–water partition coefficient (Wildman–Crippen LogP) is 1.10. The molecule has 0 heterocycles. The molecule has 0 bridgehead atoms. The van der Waals surface area contributed by atoms with Crippen LogP contribution < -0.4 is 4.74 Å². The van der Waals surface area contributed by atoms with Crippen molar-refractivity contribution in [3.8, 4) is 17.6 Å². The van der Waals surface area contributed by atoms with Crippen LogP contribution >= 0.6 is 0 Å². The van der Waals surface area contributed by atoms with Gasteiger partial charge >= 0.3 is 5.97 Å². The second-order valence-electron chi connectivity index (χ2n) is 3.25. The van der Waals surface area contributed by atoms with Crippen molar-refractivity contribution in [2.75, 3.05) is 14.2 Å². The van der Waals surface area contributed by atoms with Crippen molar-refractivity contribution < 1.29 is 19.4 Å². The molecule has 0 aliphatic carbocycles. The number of esters is 1. The topological polar surface area (TPSA) is 55.8 Å². The van der Waals surface area contributed by atoms with Crippen LogP contribution in [-0.4, -0.2) is 25.3 Å². The molecular formula is C13H14O4. The number of aliphatic hydroxyl groups is 1. The molecule has 0 unspecified atom stereocenters. The lowest BCUT2D eigenvalue weighted by Gasteiger charge is -2.04. The second kappa shape index (κ2) is 6.56. The Morgan fingerprint density at radius 3 is 2.76 bits per heavy atom. The number of aliphatic hydroxyl groups excluding tert-OH is 1. The smallest absolute Gasteiger partial charge is 0.317 e. The zero-order chi connectivity index (χ0) is 12.7. The van der Waals surface area contributed by atoms with Crippen LogP contribution in [0.5, 0.6) is 5.75 Å². The van der Waals surface area contributed by atoms with Gasteiger partial charge in [0.05, 0.1) is 26.4 Å². The van der Waals surface area contributed by atoms with Gasteiger partial charge in [0.1, 0.15) is 12.2 Å². The molecule has 0 atom stereocenters. The molecule has 0 spiro atoms. The predicted molar refractivity (Wildman–Crippen MR) is 62.4 cm³/mol. The summed E-state index contributed by atoms with van der Waals surface area (Å²) >= 11 is 0. The summed E-state index contributed by atoms with van der Waals surface area (Å²) in [5.41, 5.74) is 1.39. The first-order chi connectivity index (χ1) is 8.21. The lowest BCUT2D eigenvalue weighted by Crippen LogP contribution is -1.97. The number of carbonyl (C=O) groups is 1. The van der Waals surface area contributed by atoms with Crippen LogP contribution in [0.15, 0.2) is 18.2 Å². The van der Waals surface area contributed by atoms with Crippen LogP contribution in [-0.2, 0) is 16.1 Å². The van der Waals surface area contributed by atoms with Gasteiger partial charge in [-0.2, -0.15) is 0 Å². The van der Waals surface area contributed by atoms with Gasteiger partial charge in [0.15, 0.2) is 0 Å². The van der Waals surface area contributed by atoms with E-state index in [9.17, 15) is 4.79 Å². The maximum Gasteiger partial charge on any atom is 0.317 e. The quantitative estimate of drug-likeness (QED) is 0.628. The number of methoxy groups -OCH3 is 2. The number of hydrogen-bond acceptors (Lipinski definition) is 4. The van der Waals surface area contributed by atoms with E-state index in [4.69, 9.17) is 9.84 Å². The van der Waals surface area contributed by atoms with Crippen molar-refractivity contribution in [1.82, 2.24) is 0 Å². The number of benzene rings is 1. The highest BCUT2D eigenvalue weighted by Crippen LogP contribution is 2.18. The Balaban J connectivity index is 2.90. The second-order valence-corrected chi connectivity index (χ2v) is 3.25. The third kappa shape index (κ3) is 3.82. The average Bonchev–Trinajstić information content (AvgIpc) is 2.38. The zero-order valence-corrected chi connectivity index (χ0v) is 9.82. The monoisotopic (exact) mass is 234 g/mol. The fraction of sp³-hybridized carbons (Fsp3) is 0.308. The molecule has 1 aromatic carbocycles. The van der Waals surface area contributed by atoms with E-state index in [1.54, 1.807) is 25.3 Å². The van der Waals surface area contributed by atoms with E-state index in [1.165, 1.54) is 7.11 Å². The Morgan fingerprint density at radius 2 is 2.18 bits per heavy atom. The van der Waals surface area contributed by atoms with Crippen LogP contribution in [0.4, 0.5) is 0 Å². The third-order valence-corrected chi connectivity index (χ3v) is 2.13. The van der Waals surface area contributed by atoms with E-state index in [2.05, 4.69) is 16.6 Å². The molecule has 1 N–H and O–H groups in total. The van der Waals surface area contributed by atoms with Crippen molar-refractivity contribution in [3.63, 3.8) is 0 Å². The van der Waals surface area contributed by atoms with E-state index >= 15 is 0 Å². The van der Waals surface area contributed by atoms with E-state index in [1.807, 2.05) is 0 Å². The van der Waals surface area contributed by atoms with Crippen molar-refractivity contribution >= 4 is 5.97 Å². The van der Waals surface area contributed by atoms with Crippen LogP contribution in [0.2, 0.25) is 0 Å². The van der Waals surface area contributed by atoms with Crippen LogP contribution in [0.1, 0.15) is 17.5 Å². The molecule has 4 heteroatoms. The summed E-state index contributed by atoms with van der Waals surface area (Å²) in [6, 6.07) is 5.21. The molecule has 17 heavy (non-hydrogen) atoms. The first-order valence-electron chi connectivity index (χ1n) is 5.04. The minimum atomic E-state index is -0.380. The molecule has 0 aromatic heterocycles. The van der Waals surface area contributed by atoms with Crippen molar-refractivity contribution in [2.24, 2.45) is 0 Å². The van der Waals surface area contributed by atoms with Crippen LogP contribution in [0.25, 0.3) is 0 Å². The molecule has 0 saturated carbocycles. The fourth-order valence-electron chi connectivity index (χ4n) is 1.23. The van der Waals surface area contributed by atoms with E-state index in [0.717, 1.165) is 5.56 Å². The van der Waals surface area contributed by atoms with E-state index < -0.39 is 0 Å². The lowest BCUT2D eigenvalue weighted by molar-refractivity contribution is -0.139. The highest BCUT2D eigenvalue weighted by molar-refractivity contribution is 5.72. The summed E-state index contributed by atoms with van der Waals surface area (Å²) in [6.45, 7) is -0.0598. The number of carbonyl (C=O) groups excluding carboxylic acids is 1. The summed E-state index contributed by atoms with van der Waals surface area (Å²) in [4.78, 5) is 10.9. The van der Waals surface area contributed by atoms with Gasteiger partial charge in [-0.25, -0.2) is 0 Å². The van der Waals surface area contributed by atoms with Gasteiger partial charge < -0.3 is 14.6 Å². The minimum Gasteiger partial charge on any atom is -0.495 e. The van der Waals surface area contributed by atoms with E-state index in [-0.39, 0.29) is 19.0 Å². The van der Waals surface area contributed by atoms with Gasteiger partial charge in [0.25, 0.3) is 0 Å². The van der Waals surface area contributed by atoms with Crippen LogP contribution in [0, 0.1) is 11.8 Å². The Kier molecular flexibility index (Phi) is 5.05. The Morgan fingerprint density at radius 1 is 1.41 bits per heavy atom. The molecule has 0 aliphatic heterocycles.